The van der Waals surface area contributed by atoms with Crippen LogP contribution in [0.1, 0.15) is 48.5 Å². The van der Waals surface area contributed by atoms with Crippen molar-refractivity contribution >= 4 is 15.9 Å². The Kier molecular flexibility index (Phi) is 7.50. The molecule has 0 saturated carbocycles. The van der Waals surface area contributed by atoms with Crippen molar-refractivity contribution in [2.45, 2.75) is 50.0 Å². The van der Waals surface area contributed by atoms with E-state index < -0.39 is 10.0 Å². The van der Waals surface area contributed by atoms with Gasteiger partial charge in [0.2, 0.25) is 10.0 Å². The van der Waals surface area contributed by atoms with E-state index in [0.717, 1.165) is 32.1 Å². The number of nitrogens with one attached hydrogen (secondary N) is 1. The maximum atomic E-state index is 13.1. The number of methoxy groups -OCH3 is 1. The SMILES string of the molecule is COc1ccc(C(=O)N[C@@H](C)CCc2ccccc2)cc1S(=O)(=O)N1CCCCC1. The fourth-order valence-electron chi connectivity index (χ4n) is 3.67. The zero-order valence-electron chi connectivity index (χ0n) is 17.6. The average molecular weight is 431 g/mol. The second-order valence-corrected chi connectivity index (χ2v) is 9.64. The van der Waals surface area contributed by atoms with Gasteiger partial charge in [-0.3, -0.25) is 4.79 Å². The molecule has 1 N–H and O–H groups in total. The number of amides is 1. The van der Waals surface area contributed by atoms with E-state index in [9.17, 15) is 13.2 Å². The number of aryl methyl sites for hydroxylation is 1. The Morgan fingerprint density at radius 3 is 2.47 bits per heavy atom. The van der Waals surface area contributed by atoms with Crippen molar-refractivity contribution in [1.29, 1.82) is 0 Å². The summed E-state index contributed by atoms with van der Waals surface area (Å²) < 4.78 is 33.0. The van der Waals surface area contributed by atoms with Crippen LogP contribution in [0.25, 0.3) is 0 Å². The first kappa shape index (κ1) is 22.3. The Morgan fingerprint density at radius 1 is 1.10 bits per heavy atom. The van der Waals surface area contributed by atoms with Gasteiger partial charge in [0, 0.05) is 24.7 Å². The molecule has 0 radical (unpaired) electrons. The summed E-state index contributed by atoms with van der Waals surface area (Å²) in [5, 5.41) is 2.97. The van der Waals surface area contributed by atoms with Crippen LogP contribution in [0.4, 0.5) is 0 Å². The predicted molar refractivity (Wildman–Crippen MR) is 117 cm³/mol. The topological polar surface area (TPSA) is 75.7 Å². The van der Waals surface area contributed by atoms with Crippen LogP contribution in [0, 0.1) is 0 Å². The van der Waals surface area contributed by atoms with E-state index in [1.54, 1.807) is 12.1 Å². The molecule has 1 aliphatic rings. The normalized spacial score (nSPS) is 16.1. The molecule has 0 bridgehead atoms. The first-order chi connectivity index (χ1) is 14.4. The average Bonchev–Trinajstić information content (AvgIpc) is 2.78. The molecule has 2 aromatic carbocycles. The highest BCUT2D eigenvalue weighted by Crippen LogP contribution is 2.29. The highest BCUT2D eigenvalue weighted by Gasteiger charge is 2.29. The fourth-order valence-corrected chi connectivity index (χ4v) is 5.37. The number of sulfonamides is 1. The minimum atomic E-state index is -3.71. The van der Waals surface area contributed by atoms with Crippen LogP contribution >= 0.6 is 0 Å². The van der Waals surface area contributed by atoms with Gasteiger partial charge in [0.15, 0.2) is 0 Å². The summed E-state index contributed by atoms with van der Waals surface area (Å²) in [7, 11) is -2.27. The van der Waals surface area contributed by atoms with Crippen LogP contribution in [0.3, 0.4) is 0 Å². The minimum Gasteiger partial charge on any atom is -0.495 e. The molecule has 1 atom stereocenters. The van der Waals surface area contributed by atoms with Crippen molar-refractivity contribution in [2.75, 3.05) is 20.2 Å². The highest BCUT2D eigenvalue weighted by molar-refractivity contribution is 7.89. The van der Waals surface area contributed by atoms with Gasteiger partial charge in [0.25, 0.3) is 5.91 Å². The largest absolute Gasteiger partial charge is 0.495 e. The second kappa shape index (κ2) is 10.1. The first-order valence-corrected chi connectivity index (χ1v) is 11.9. The zero-order valence-corrected chi connectivity index (χ0v) is 18.5. The van der Waals surface area contributed by atoms with E-state index in [1.807, 2.05) is 25.1 Å². The quantitative estimate of drug-likeness (QED) is 0.694. The molecule has 0 unspecified atom stereocenters. The number of hydrogen-bond donors (Lipinski definition) is 1. The van der Waals surface area contributed by atoms with Crippen LogP contribution in [-0.4, -0.2) is 44.9 Å². The maximum Gasteiger partial charge on any atom is 0.251 e. The van der Waals surface area contributed by atoms with Gasteiger partial charge >= 0.3 is 0 Å². The molecule has 7 heteroatoms. The number of carbonyl (C=O) groups is 1. The molecule has 1 saturated heterocycles. The molecule has 30 heavy (non-hydrogen) atoms. The fraction of sp³-hybridized carbons (Fsp3) is 0.435. The standard InChI is InChI=1S/C23H30N2O4S/c1-18(11-12-19-9-5-3-6-10-19)24-23(26)20-13-14-21(29-2)22(17-20)30(27,28)25-15-7-4-8-16-25/h3,5-6,9-10,13-14,17-18H,4,7-8,11-12,15-16H2,1-2H3,(H,24,26)/t18-/m0/s1. The lowest BCUT2D eigenvalue weighted by molar-refractivity contribution is 0.0938. The summed E-state index contributed by atoms with van der Waals surface area (Å²) in [6, 6.07) is 14.7. The third-order valence-electron chi connectivity index (χ3n) is 5.45. The molecular formula is C23H30N2O4S. The van der Waals surface area contributed by atoms with Gasteiger partial charge < -0.3 is 10.1 Å². The molecule has 162 valence electrons. The summed E-state index contributed by atoms with van der Waals surface area (Å²) in [5.41, 5.74) is 1.54. The Labute approximate surface area is 179 Å². The van der Waals surface area contributed by atoms with Crippen molar-refractivity contribution < 1.29 is 17.9 Å². The van der Waals surface area contributed by atoms with E-state index in [4.69, 9.17) is 4.74 Å². The van der Waals surface area contributed by atoms with Crippen LogP contribution < -0.4 is 10.1 Å². The first-order valence-electron chi connectivity index (χ1n) is 10.4. The van der Waals surface area contributed by atoms with Crippen LogP contribution in [0.5, 0.6) is 5.75 Å². The number of ether oxygens (including phenoxy) is 1. The molecule has 1 heterocycles. The summed E-state index contributed by atoms with van der Waals surface area (Å²) in [6.45, 7) is 2.95. The van der Waals surface area contributed by atoms with Crippen molar-refractivity contribution in [3.63, 3.8) is 0 Å². The number of nitrogens with zero attached hydrogens (tertiary/aromatic N) is 1. The van der Waals surface area contributed by atoms with Crippen molar-refractivity contribution in [2.24, 2.45) is 0 Å². The van der Waals surface area contributed by atoms with E-state index in [-0.39, 0.29) is 22.6 Å². The highest BCUT2D eigenvalue weighted by atomic mass is 32.2. The van der Waals surface area contributed by atoms with Gasteiger partial charge in [0.1, 0.15) is 10.6 Å². The van der Waals surface area contributed by atoms with Crippen LogP contribution in [0.2, 0.25) is 0 Å². The number of rotatable bonds is 8. The van der Waals surface area contributed by atoms with Crippen molar-refractivity contribution in [1.82, 2.24) is 9.62 Å². The Morgan fingerprint density at radius 2 is 1.80 bits per heavy atom. The molecule has 1 fully saturated rings. The van der Waals surface area contributed by atoms with E-state index in [1.165, 1.54) is 23.0 Å². The third kappa shape index (κ3) is 5.40. The monoisotopic (exact) mass is 430 g/mol. The van der Waals surface area contributed by atoms with E-state index in [2.05, 4.69) is 17.4 Å². The van der Waals surface area contributed by atoms with Crippen molar-refractivity contribution in [3.8, 4) is 5.75 Å². The number of benzene rings is 2. The van der Waals surface area contributed by atoms with E-state index in [0.29, 0.717) is 18.7 Å². The molecule has 0 spiro atoms. The van der Waals surface area contributed by atoms with Crippen molar-refractivity contribution in [3.05, 3.63) is 59.7 Å². The molecule has 0 aromatic heterocycles. The molecular weight excluding hydrogens is 400 g/mol. The van der Waals surface area contributed by atoms with Gasteiger partial charge in [-0.05, 0) is 56.4 Å². The minimum absolute atomic E-state index is 0.0399. The van der Waals surface area contributed by atoms with Gasteiger partial charge in [-0.1, -0.05) is 36.8 Å². The number of piperidine rings is 1. The Hall–Kier alpha value is -2.38. The second-order valence-electron chi connectivity index (χ2n) is 7.73. The zero-order chi connectivity index (χ0) is 21.6. The third-order valence-corrected chi connectivity index (χ3v) is 7.36. The van der Waals surface area contributed by atoms with E-state index >= 15 is 0 Å². The Balaban J connectivity index is 1.72. The van der Waals surface area contributed by atoms with Crippen LogP contribution in [-0.2, 0) is 16.4 Å². The lowest BCUT2D eigenvalue weighted by Crippen LogP contribution is -2.36. The predicted octanol–water partition coefficient (Wildman–Crippen LogP) is 3.62. The summed E-state index contributed by atoms with van der Waals surface area (Å²) in [6.07, 6.45) is 4.39. The smallest absolute Gasteiger partial charge is 0.251 e. The van der Waals surface area contributed by atoms with Crippen LogP contribution in [0.15, 0.2) is 53.4 Å². The number of hydrogen-bond acceptors (Lipinski definition) is 4. The molecule has 2 aromatic rings. The maximum absolute atomic E-state index is 13.1. The molecule has 1 aliphatic heterocycles. The molecule has 1 amide bonds. The number of carbonyl (C=O) groups excluding carboxylic acids is 1. The molecule has 0 aliphatic carbocycles. The summed E-state index contributed by atoms with van der Waals surface area (Å²) in [5.74, 6) is -0.0254. The summed E-state index contributed by atoms with van der Waals surface area (Å²) >= 11 is 0. The molecule has 6 nitrogen and oxygen atoms in total. The Bertz CT molecular complexity index is 954. The molecule has 3 rings (SSSR count). The van der Waals surface area contributed by atoms with Gasteiger partial charge in [-0.25, -0.2) is 8.42 Å². The summed E-state index contributed by atoms with van der Waals surface area (Å²) in [4.78, 5) is 12.8. The lowest BCUT2D eigenvalue weighted by atomic mass is 10.1. The van der Waals surface area contributed by atoms with Gasteiger partial charge in [-0.2, -0.15) is 4.31 Å². The van der Waals surface area contributed by atoms with Gasteiger partial charge in [0.05, 0.1) is 7.11 Å². The lowest BCUT2D eigenvalue weighted by Gasteiger charge is -2.26. The van der Waals surface area contributed by atoms with Gasteiger partial charge in [-0.15, -0.1) is 0 Å².